The Morgan fingerprint density at radius 1 is 1.06 bits per heavy atom. The Balaban J connectivity index is 1.54. The zero-order chi connectivity index (χ0) is 22.8. The number of carbonyl (C=O) groups excluding carboxylic acids is 2. The molecule has 0 spiro atoms. The summed E-state index contributed by atoms with van der Waals surface area (Å²) < 4.78 is 15.9. The highest BCUT2D eigenvalue weighted by Gasteiger charge is 2.27. The van der Waals surface area contributed by atoms with Gasteiger partial charge < -0.3 is 9.80 Å². The summed E-state index contributed by atoms with van der Waals surface area (Å²) in [5.41, 5.74) is 0.970. The third-order valence-corrected chi connectivity index (χ3v) is 5.35. The van der Waals surface area contributed by atoms with E-state index in [9.17, 15) is 24.1 Å². The molecular weight excluding hydrogens is 419 g/mol. The Labute approximate surface area is 182 Å². The van der Waals surface area contributed by atoms with E-state index < -0.39 is 10.7 Å². The molecule has 10 nitrogen and oxygen atoms in total. The summed E-state index contributed by atoms with van der Waals surface area (Å²) >= 11 is 0. The maximum Gasteiger partial charge on any atom is 0.270 e. The summed E-state index contributed by atoms with van der Waals surface area (Å²) in [6.07, 6.45) is 2.71. The van der Waals surface area contributed by atoms with Crippen molar-refractivity contribution in [2.24, 2.45) is 0 Å². The third-order valence-electron chi connectivity index (χ3n) is 5.35. The van der Waals surface area contributed by atoms with Gasteiger partial charge in [-0.25, -0.2) is 14.1 Å². The number of nitrogens with zero attached hydrogens (tertiary/aromatic N) is 6. The molecule has 1 aromatic heterocycles. The SMILES string of the molecule is CC(=O)c1ccc(N2CCN(C(=O)c3cc([N+](=O)[O-])ccc3-n3cncn3)CC2)c(F)c1. The van der Waals surface area contributed by atoms with Crippen molar-refractivity contribution in [3.8, 4) is 5.69 Å². The second-order valence-corrected chi connectivity index (χ2v) is 7.30. The largest absolute Gasteiger partial charge is 0.366 e. The molecule has 32 heavy (non-hydrogen) atoms. The minimum atomic E-state index is -0.562. The van der Waals surface area contributed by atoms with Crippen LogP contribution in [0.3, 0.4) is 0 Å². The molecule has 1 fully saturated rings. The minimum Gasteiger partial charge on any atom is -0.366 e. The fourth-order valence-corrected chi connectivity index (χ4v) is 3.64. The minimum absolute atomic E-state index is 0.134. The number of carbonyl (C=O) groups is 2. The van der Waals surface area contributed by atoms with Gasteiger partial charge in [-0.1, -0.05) is 0 Å². The van der Waals surface area contributed by atoms with Crippen molar-refractivity contribution in [2.75, 3.05) is 31.1 Å². The van der Waals surface area contributed by atoms with Crippen molar-refractivity contribution in [2.45, 2.75) is 6.92 Å². The maximum atomic E-state index is 14.5. The van der Waals surface area contributed by atoms with Crippen LogP contribution in [0.4, 0.5) is 15.8 Å². The van der Waals surface area contributed by atoms with E-state index in [-0.39, 0.29) is 22.9 Å². The number of ketones is 1. The number of piperazine rings is 1. The number of Topliss-reactive ketones (excluding diaryl/α,β-unsaturated/α-hetero) is 1. The van der Waals surface area contributed by atoms with E-state index in [4.69, 9.17) is 0 Å². The smallest absolute Gasteiger partial charge is 0.270 e. The first-order valence-corrected chi connectivity index (χ1v) is 9.83. The normalized spacial score (nSPS) is 13.8. The van der Waals surface area contributed by atoms with Gasteiger partial charge in [0.15, 0.2) is 5.78 Å². The van der Waals surface area contributed by atoms with Crippen LogP contribution in [0.2, 0.25) is 0 Å². The molecular formula is C21H19FN6O4. The van der Waals surface area contributed by atoms with E-state index in [2.05, 4.69) is 10.1 Å². The van der Waals surface area contributed by atoms with Crippen LogP contribution < -0.4 is 4.90 Å². The molecule has 0 atom stereocenters. The zero-order valence-corrected chi connectivity index (χ0v) is 17.1. The van der Waals surface area contributed by atoms with Crippen molar-refractivity contribution >= 4 is 23.1 Å². The van der Waals surface area contributed by atoms with Crippen LogP contribution in [-0.2, 0) is 0 Å². The molecule has 0 N–H and O–H groups in total. The maximum absolute atomic E-state index is 14.5. The number of nitro groups is 1. The summed E-state index contributed by atoms with van der Waals surface area (Å²) in [6, 6.07) is 8.34. The number of aromatic nitrogens is 3. The predicted molar refractivity (Wildman–Crippen MR) is 113 cm³/mol. The van der Waals surface area contributed by atoms with Crippen LogP contribution in [0.15, 0.2) is 49.1 Å². The Bertz CT molecular complexity index is 1190. The van der Waals surface area contributed by atoms with Crippen molar-refractivity contribution in [3.05, 3.63) is 76.1 Å². The molecule has 11 heteroatoms. The highest BCUT2D eigenvalue weighted by Crippen LogP contribution is 2.25. The molecule has 0 bridgehead atoms. The van der Waals surface area contributed by atoms with Gasteiger partial charge in [-0.15, -0.1) is 0 Å². The molecule has 4 rings (SSSR count). The molecule has 3 aromatic rings. The van der Waals surface area contributed by atoms with Gasteiger partial charge in [0, 0.05) is 43.9 Å². The highest BCUT2D eigenvalue weighted by molar-refractivity contribution is 5.98. The average molecular weight is 438 g/mol. The first-order chi connectivity index (χ1) is 15.3. The molecule has 0 aliphatic carbocycles. The second kappa shape index (κ2) is 8.53. The van der Waals surface area contributed by atoms with Gasteiger partial charge in [0.25, 0.3) is 11.6 Å². The van der Waals surface area contributed by atoms with Crippen LogP contribution >= 0.6 is 0 Å². The van der Waals surface area contributed by atoms with Gasteiger partial charge in [-0.2, -0.15) is 5.10 Å². The second-order valence-electron chi connectivity index (χ2n) is 7.30. The summed E-state index contributed by atoms with van der Waals surface area (Å²) in [6.45, 7) is 2.71. The Kier molecular flexibility index (Phi) is 5.63. The van der Waals surface area contributed by atoms with Gasteiger partial charge >= 0.3 is 0 Å². The quantitative estimate of drug-likeness (QED) is 0.341. The van der Waals surface area contributed by atoms with Gasteiger partial charge in [-0.3, -0.25) is 19.7 Å². The van der Waals surface area contributed by atoms with Gasteiger partial charge in [0.2, 0.25) is 0 Å². The van der Waals surface area contributed by atoms with Crippen molar-refractivity contribution in [3.63, 3.8) is 0 Å². The van der Waals surface area contributed by atoms with E-state index in [1.165, 1.54) is 48.5 Å². The number of hydrogen-bond acceptors (Lipinski definition) is 7. The summed E-state index contributed by atoms with van der Waals surface area (Å²) in [5, 5.41) is 15.3. The van der Waals surface area contributed by atoms with Crippen LogP contribution in [-0.4, -0.2) is 62.5 Å². The fourth-order valence-electron chi connectivity index (χ4n) is 3.64. The molecule has 0 saturated carbocycles. The number of rotatable bonds is 5. The molecule has 1 saturated heterocycles. The molecule has 0 unspecified atom stereocenters. The zero-order valence-electron chi connectivity index (χ0n) is 17.1. The molecule has 1 aliphatic rings. The van der Waals surface area contributed by atoms with Crippen molar-refractivity contribution < 1.29 is 18.9 Å². The van der Waals surface area contributed by atoms with E-state index in [0.29, 0.717) is 43.1 Å². The lowest BCUT2D eigenvalue weighted by atomic mass is 10.1. The van der Waals surface area contributed by atoms with Gasteiger partial charge in [0.1, 0.15) is 18.5 Å². The summed E-state index contributed by atoms with van der Waals surface area (Å²) in [5.74, 6) is -1.10. The standard InChI is InChI=1S/C21H19FN6O4/c1-14(29)15-2-4-20(18(22)10-15)25-6-8-26(9-7-25)21(30)17-11-16(28(31)32)3-5-19(17)27-13-23-12-24-27/h2-5,10-13H,6-9H2,1H3. The lowest BCUT2D eigenvalue weighted by molar-refractivity contribution is -0.384. The van der Waals surface area contributed by atoms with Crippen LogP contribution in [0, 0.1) is 15.9 Å². The van der Waals surface area contributed by atoms with E-state index in [0.717, 1.165) is 0 Å². The van der Waals surface area contributed by atoms with Crippen LogP contribution in [0.5, 0.6) is 0 Å². The van der Waals surface area contributed by atoms with Crippen molar-refractivity contribution in [1.82, 2.24) is 19.7 Å². The van der Waals surface area contributed by atoms with E-state index >= 15 is 0 Å². The topological polar surface area (TPSA) is 114 Å². The molecule has 1 aliphatic heterocycles. The van der Waals surface area contributed by atoms with Gasteiger partial charge in [-0.05, 0) is 31.2 Å². The van der Waals surface area contributed by atoms with Crippen LogP contribution in [0.25, 0.3) is 5.69 Å². The van der Waals surface area contributed by atoms with Gasteiger partial charge in [0.05, 0.1) is 21.9 Å². The number of halogens is 1. The van der Waals surface area contributed by atoms with E-state index in [1.54, 1.807) is 21.9 Å². The van der Waals surface area contributed by atoms with E-state index in [1.807, 2.05) is 0 Å². The van der Waals surface area contributed by atoms with Crippen LogP contribution in [0.1, 0.15) is 27.6 Å². The highest BCUT2D eigenvalue weighted by atomic mass is 19.1. The number of amides is 1. The predicted octanol–water partition coefficient (Wildman–Crippen LogP) is 2.48. The molecule has 0 radical (unpaired) electrons. The number of anilines is 1. The first-order valence-electron chi connectivity index (χ1n) is 9.83. The molecule has 2 aromatic carbocycles. The third kappa shape index (κ3) is 4.04. The monoisotopic (exact) mass is 438 g/mol. The molecule has 2 heterocycles. The number of hydrogen-bond donors (Lipinski definition) is 0. The summed E-state index contributed by atoms with van der Waals surface area (Å²) in [7, 11) is 0. The number of benzene rings is 2. The molecule has 164 valence electrons. The Hall–Kier alpha value is -4.15. The Morgan fingerprint density at radius 3 is 2.38 bits per heavy atom. The summed E-state index contributed by atoms with van der Waals surface area (Å²) in [4.78, 5) is 42.6. The lowest BCUT2D eigenvalue weighted by Gasteiger charge is -2.36. The number of nitro benzene ring substituents is 1. The lowest BCUT2D eigenvalue weighted by Crippen LogP contribution is -2.49. The van der Waals surface area contributed by atoms with Crippen molar-refractivity contribution in [1.29, 1.82) is 0 Å². The number of non-ortho nitro benzene ring substituents is 1. The fraction of sp³-hybridized carbons (Fsp3) is 0.238. The molecule has 1 amide bonds. The average Bonchev–Trinajstić information content (AvgIpc) is 3.33. The Morgan fingerprint density at radius 2 is 1.78 bits per heavy atom. The first kappa shape index (κ1) is 21.1.